The molecule has 2 heteroatoms. The van der Waals surface area contributed by atoms with Crippen LogP contribution >= 0.6 is 0 Å². The molecule has 0 unspecified atom stereocenters. The van der Waals surface area contributed by atoms with Gasteiger partial charge >= 0.3 is 0 Å². The summed E-state index contributed by atoms with van der Waals surface area (Å²) in [5.74, 6) is 0. The summed E-state index contributed by atoms with van der Waals surface area (Å²) in [4.78, 5) is 2.40. The van der Waals surface area contributed by atoms with Gasteiger partial charge in [-0.3, -0.25) is 0 Å². The molecule has 0 radical (unpaired) electrons. The van der Waals surface area contributed by atoms with Gasteiger partial charge in [0.1, 0.15) is 11.2 Å². The molecule has 1 aliphatic rings. The lowest BCUT2D eigenvalue weighted by molar-refractivity contribution is 0.660. The van der Waals surface area contributed by atoms with Crippen LogP contribution in [0.1, 0.15) is 25.0 Å². The van der Waals surface area contributed by atoms with Crippen molar-refractivity contribution in [2.24, 2.45) is 0 Å². The Morgan fingerprint density at radius 3 is 1.59 bits per heavy atom. The zero-order valence-electron chi connectivity index (χ0n) is 34.1. The molecule has 0 fully saturated rings. The van der Waals surface area contributed by atoms with E-state index in [0.29, 0.717) is 0 Å². The van der Waals surface area contributed by atoms with Crippen LogP contribution in [0, 0.1) is 0 Å². The van der Waals surface area contributed by atoms with Crippen molar-refractivity contribution in [2.45, 2.75) is 19.3 Å². The average Bonchev–Trinajstić information content (AvgIpc) is 3.83. The minimum atomic E-state index is -0.118. The van der Waals surface area contributed by atoms with Crippen molar-refractivity contribution >= 4 is 60.5 Å². The van der Waals surface area contributed by atoms with Crippen LogP contribution < -0.4 is 4.90 Å². The van der Waals surface area contributed by atoms with Crippen molar-refractivity contribution < 1.29 is 4.42 Å². The first-order valence-corrected chi connectivity index (χ1v) is 21.2. The van der Waals surface area contributed by atoms with Crippen molar-refractivity contribution in [3.63, 3.8) is 0 Å². The van der Waals surface area contributed by atoms with E-state index in [4.69, 9.17) is 4.42 Å². The van der Waals surface area contributed by atoms with Gasteiger partial charge in [0.25, 0.3) is 0 Å². The van der Waals surface area contributed by atoms with Gasteiger partial charge in [0.2, 0.25) is 0 Å². The lowest BCUT2D eigenvalue weighted by Gasteiger charge is -2.28. The highest BCUT2D eigenvalue weighted by Crippen LogP contribution is 2.51. The Balaban J connectivity index is 0.980. The van der Waals surface area contributed by atoms with Crippen molar-refractivity contribution in [2.75, 3.05) is 4.90 Å². The van der Waals surface area contributed by atoms with Crippen LogP contribution in [0.2, 0.25) is 0 Å². The van der Waals surface area contributed by atoms with Crippen LogP contribution in [0.25, 0.3) is 88.0 Å². The highest BCUT2D eigenvalue weighted by molar-refractivity contribution is 6.28. The molecule has 12 rings (SSSR count). The summed E-state index contributed by atoms with van der Waals surface area (Å²) >= 11 is 0. The molecule has 0 amide bonds. The lowest BCUT2D eigenvalue weighted by Crippen LogP contribution is -2.16. The first-order valence-electron chi connectivity index (χ1n) is 21.2. The second-order valence-electron chi connectivity index (χ2n) is 16.9. The van der Waals surface area contributed by atoms with E-state index in [1.165, 1.54) is 76.8 Å². The van der Waals surface area contributed by atoms with Gasteiger partial charge in [0.05, 0.1) is 0 Å². The Morgan fingerprint density at radius 1 is 0.361 bits per heavy atom. The number of hydrogen-bond acceptors (Lipinski definition) is 2. The van der Waals surface area contributed by atoms with Crippen LogP contribution in [0.15, 0.2) is 217 Å². The fraction of sp³-hybridized carbons (Fsp3) is 0.0508. The van der Waals surface area contributed by atoms with E-state index in [9.17, 15) is 0 Å². The van der Waals surface area contributed by atoms with E-state index in [1.807, 2.05) is 0 Å². The molecule has 10 aromatic carbocycles. The summed E-state index contributed by atoms with van der Waals surface area (Å²) < 4.78 is 6.83. The molecule has 2 nitrogen and oxygen atoms in total. The second kappa shape index (κ2) is 13.7. The number of nitrogens with zero attached hydrogens (tertiary/aromatic N) is 1. The number of fused-ring (bicyclic) bond motifs is 10. The molecule has 0 aliphatic heterocycles. The molecule has 0 bridgehead atoms. The fourth-order valence-electron chi connectivity index (χ4n) is 9.96. The topological polar surface area (TPSA) is 16.4 Å². The third kappa shape index (κ3) is 5.64. The fourth-order valence-corrected chi connectivity index (χ4v) is 9.96. The van der Waals surface area contributed by atoms with E-state index in [1.54, 1.807) is 0 Å². The van der Waals surface area contributed by atoms with Gasteiger partial charge in [-0.2, -0.15) is 0 Å². The molecule has 1 aromatic heterocycles. The Hall–Kier alpha value is -7.68. The maximum atomic E-state index is 6.83. The van der Waals surface area contributed by atoms with E-state index >= 15 is 0 Å². The molecular weight excluding hydrogens is 739 g/mol. The van der Waals surface area contributed by atoms with Gasteiger partial charge < -0.3 is 9.32 Å². The molecule has 0 atom stereocenters. The Kier molecular flexibility index (Phi) is 7.92. The second-order valence-corrected chi connectivity index (χ2v) is 16.9. The summed E-state index contributed by atoms with van der Waals surface area (Å²) in [6.45, 7) is 4.70. The molecule has 288 valence electrons. The van der Waals surface area contributed by atoms with Gasteiger partial charge in [-0.15, -0.1) is 0 Å². The number of anilines is 3. The van der Waals surface area contributed by atoms with E-state index in [-0.39, 0.29) is 5.41 Å². The summed E-state index contributed by atoms with van der Waals surface area (Å²) in [6.07, 6.45) is 0. The maximum Gasteiger partial charge on any atom is 0.143 e. The predicted octanol–water partition coefficient (Wildman–Crippen LogP) is 16.7. The van der Waals surface area contributed by atoms with Crippen molar-refractivity contribution in [1.29, 1.82) is 0 Å². The zero-order chi connectivity index (χ0) is 40.7. The van der Waals surface area contributed by atoms with Crippen molar-refractivity contribution in [3.8, 4) is 44.5 Å². The molecule has 0 saturated heterocycles. The minimum Gasteiger partial charge on any atom is -0.455 e. The van der Waals surface area contributed by atoms with Gasteiger partial charge in [-0.05, 0) is 120 Å². The monoisotopic (exact) mass is 779 g/mol. The quantitative estimate of drug-likeness (QED) is 0.167. The van der Waals surface area contributed by atoms with Gasteiger partial charge in [0, 0.05) is 38.8 Å². The highest BCUT2D eigenvalue weighted by Gasteiger charge is 2.35. The molecular formula is C59H41NO. The van der Waals surface area contributed by atoms with Gasteiger partial charge in [0.15, 0.2) is 0 Å². The molecule has 0 spiro atoms. The van der Waals surface area contributed by atoms with E-state index in [2.05, 4.69) is 231 Å². The summed E-state index contributed by atoms with van der Waals surface area (Å²) in [7, 11) is 0. The largest absolute Gasteiger partial charge is 0.455 e. The number of rotatable bonds is 6. The van der Waals surface area contributed by atoms with Gasteiger partial charge in [-0.25, -0.2) is 0 Å². The maximum absolute atomic E-state index is 6.83. The number of furan rings is 1. The summed E-state index contributed by atoms with van der Waals surface area (Å²) in [6, 6.07) is 77.2. The molecule has 0 saturated carbocycles. The van der Waals surface area contributed by atoms with Crippen molar-refractivity contribution in [1.82, 2.24) is 0 Å². The van der Waals surface area contributed by atoms with Crippen LogP contribution in [-0.4, -0.2) is 0 Å². The predicted molar refractivity (Wildman–Crippen MR) is 257 cm³/mol. The van der Waals surface area contributed by atoms with Crippen LogP contribution in [0.3, 0.4) is 0 Å². The molecule has 11 aromatic rings. The SMILES string of the molecule is CC1(C)c2ccccc2-c2ccc(N(c3ccc(-c4ccc(-c5ccccc5)cc4)cc3)c3ccc(-c4cc5ccccc5c5c4oc4ccc6ccccc6c45)cc3)cc21. The van der Waals surface area contributed by atoms with Crippen LogP contribution in [0.5, 0.6) is 0 Å². The normalized spacial score (nSPS) is 12.9. The Labute approximate surface area is 355 Å². The summed E-state index contributed by atoms with van der Waals surface area (Å²) in [5, 5.41) is 7.17. The number of hydrogen-bond donors (Lipinski definition) is 0. The van der Waals surface area contributed by atoms with E-state index in [0.717, 1.165) is 39.4 Å². The first kappa shape index (κ1) is 35.3. The standard InChI is InChI=1S/C59H41NO/c1-59(2)53-19-11-10-18-50(53)51-34-33-47(37-54(51)59)60(45-29-24-41(25-30-45)40-22-20-39(21-23-40)38-12-4-3-5-13-38)46-31-26-43(27-32-46)52-36-44-15-7-9-17-49(44)57-56-48-16-8-6-14-42(48)28-35-55(56)61-58(52)57/h3-37H,1-2H3. The Bertz CT molecular complexity index is 3470. The third-order valence-electron chi connectivity index (χ3n) is 13.1. The molecule has 61 heavy (non-hydrogen) atoms. The smallest absolute Gasteiger partial charge is 0.143 e. The molecule has 0 N–H and O–H groups in total. The zero-order valence-corrected chi connectivity index (χ0v) is 34.1. The highest BCUT2D eigenvalue weighted by atomic mass is 16.3. The number of benzene rings is 10. The lowest BCUT2D eigenvalue weighted by atomic mass is 9.82. The summed E-state index contributed by atoms with van der Waals surface area (Å²) in [5.41, 5.74) is 17.4. The van der Waals surface area contributed by atoms with Crippen LogP contribution in [-0.2, 0) is 5.41 Å². The Morgan fingerprint density at radius 2 is 0.885 bits per heavy atom. The minimum absolute atomic E-state index is 0.118. The van der Waals surface area contributed by atoms with Crippen molar-refractivity contribution in [3.05, 3.63) is 223 Å². The first-order chi connectivity index (χ1) is 30.0. The molecule has 1 heterocycles. The van der Waals surface area contributed by atoms with Gasteiger partial charge in [-0.1, -0.05) is 178 Å². The average molecular weight is 780 g/mol. The third-order valence-corrected chi connectivity index (χ3v) is 13.1. The van der Waals surface area contributed by atoms with E-state index < -0.39 is 0 Å². The molecule has 1 aliphatic carbocycles. The van der Waals surface area contributed by atoms with Crippen LogP contribution in [0.4, 0.5) is 17.1 Å².